The molecule has 0 saturated heterocycles. The van der Waals surface area contributed by atoms with Gasteiger partial charge in [0.1, 0.15) is 5.82 Å². The molecule has 0 aromatic carbocycles. The second-order valence-corrected chi connectivity index (χ2v) is 2.59. The van der Waals surface area contributed by atoms with Gasteiger partial charge in [0.15, 0.2) is 0 Å². The van der Waals surface area contributed by atoms with E-state index in [1.807, 2.05) is 24.6 Å². The quantitative estimate of drug-likeness (QED) is 0.641. The molecule has 0 radical (unpaired) electrons. The number of hydrogen-bond donors (Lipinski definition) is 0. The van der Waals surface area contributed by atoms with Gasteiger partial charge in [-0.25, -0.2) is 4.98 Å². The molecular formula is C8H11N3. The molecule has 3 heteroatoms. The van der Waals surface area contributed by atoms with Gasteiger partial charge in [-0.1, -0.05) is 0 Å². The lowest BCUT2D eigenvalue weighted by atomic mass is 10.2. The Hall–Kier alpha value is -1.30. The minimum Gasteiger partial charge on any atom is -0.331 e. The monoisotopic (exact) mass is 149 g/mol. The average molecular weight is 149 g/mol. The minimum atomic E-state index is 0.238. The number of hydrogen-bond acceptors (Lipinski definition) is 2. The Morgan fingerprint density at radius 2 is 2.55 bits per heavy atom. The summed E-state index contributed by atoms with van der Waals surface area (Å²) in [6.07, 6.45) is 4.19. The van der Waals surface area contributed by atoms with E-state index in [-0.39, 0.29) is 6.04 Å². The highest BCUT2D eigenvalue weighted by molar-refractivity contribution is 4.93. The second-order valence-electron chi connectivity index (χ2n) is 2.59. The lowest BCUT2D eigenvalue weighted by Crippen LogP contribution is -2.04. The Morgan fingerprint density at radius 1 is 1.82 bits per heavy atom. The van der Waals surface area contributed by atoms with Crippen LogP contribution in [0.4, 0.5) is 0 Å². The van der Waals surface area contributed by atoms with Crippen LogP contribution < -0.4 is 0 Å². The highest BCUT2D eigenvalue weighted by Gasteiger charge is 2.04. The van der Waals surface area contributed by atoms with Gasteiger partial charge in [0.2, 0.25) is 0 Å². The predicted molar refractivity (Wildman–Crippen MR) is 41.9 cm³/mol. The maximum absolute atomic E-state index is 8.44. The van der Waals surface area contributed by atoms with Crippen molar-refractivity contribution in [3.63, 3.8) is 0 Å². The Balaban J connectivity index is 2.77. The van der Waals surface area contributed by atoms with E-state index in [0.29, 0.717) is 6.42 Å². The van der Waals surface area contributed by atoms with Crippen LogP contribution in [0.2, 0.25) is 0 Å². The molecule has 0 N–H and O–H groups in total. The summed E-state index contributed by atoms with van der Waals surface area (Å²) in [7, 11) is 0. The van der Waals surface area contributed by atoms with Gasteiger partial charge < -0.3 is 4.57 Å². The molecule has 0 aliphatic rings. The third kappa shape index (κ3) is 1.58. The molecule has 0 saturated carbocycles. The first-order valence-electron chi connectivity index (χ1n) is 3.62. The predicted octanol–water partition coefficient (Wildman–Crippen LogP) is 1.67. The van der Waals surface area contributed by atoms with Crippen LogP contribution in [0.3, 0.4) is 0 Å². The van der Waals surface area contributed by atoms with Crippen LogP contribution >= 0.6 is 0 Å². The summed E-state index contributed by atoms with van der Waals surface area (Å²) in [5, 5.41) is 8.44. The standard InChI is InChI=1S/C8H11N3/c1-7(3-4-9)11-6-5-10-8(11)2/h5-7H,3H2,1-2H3. The molecular weight excluding hydrogens is 138 g/mol. The largest absolute Gasteiger partial charge is 0.331 e. The van der Waals surface area contributed by atoms with Crippen molar-refractivity contribution in [2.24, 2.45) is 0 Å². The van der Waals surface area contributed by atoms with E-state index in [1.54, 1.807) is 6.20 Å². The van der Waals surface area contributed by atoms with E-state index >= 15 is 0 Å². The van der Waals surface area contributed by atoms with Crippen LogP contribution in [0.1, 0.15) is 25.2 Å². The van der Waals surface area contributed by atoms with Crippen LogP contribution in [0.5, 0.6) is 0 Å². The fourth-order valence-electron chi connectivity index (χ4n) is 1.08. The zero-order valence-electron chi connectivity index (χ0n) is 6.78. The van der Waals surface area contributed by atoms with E-state index < -0.39 is 0 Å². The van der Waals surface area contributed by atoms with Crippen LogP contribution in [0, 0.1) is 18.3 Å². The fraction of sp³-hybridized carbons (Fsp3) is 0.500. The number of nitrogens with zero attached hydrogens (tertiary/aromatic N) is 3. The Kier molecular flexibility index (Phi) is 2.27. The average Bonchev–Trinajstić information content (AvgIpc) is 2.36. The molecule has 1 aromatic heterocycles. The highest BCUT2D eigenvalue weighted by Crippen LogP contribution is 2.10. The van der Waals surface area contributed by atoms with Crippen molar-refractivity contribution in [2.45, 2.75) is 26.3 Å². The number of aryl methyl sites for hydroxylation is 1. The summed E-state index contributed by atoms with van der Waals surface area (Å²) < 4.78 is 2.00. The van der Waals surface area contributed by atoms with Crippen LogP contribution in [0.25, 0.3) is 0 Å². The van der Waals surface area contributed by atoms with Gasteiger partial charge in [0.25, 0.3) is 0 Å². The van der Waals surface area contributed by atoms with Gasteiger partial charge in [0.05, 0.1) is 12.5 Å². The summed E-state index contributed by atoms with van der Waals surface area (Å²) in [6.45, 7) is 3.95. The van der Waals surface area contributed by atoms with Crippen molar-refractivity contribution in [1.82, 2.24) is 9.55 Å². The van der Waals surface area contributed by atoms with Crippen molar-refractivity contribution >= 4 is 0 Å². The van der Waals surface area contributed by atoms with Crippen LogP contribution in [-0.4, -0.2) is 9.55 Å². The lowest BCUT2D eigenvalue weighted by molar-refractivity contribution is 0.545. The van der Waals surface area contributed by atoms with E-state index in [1.165, 1.54) is 0 Å². The summed E-state index contributed by atoms with van der Waals surface area (Å²) in [5.74, 6) is 0.966. The number of aromatic nitrogens is 2. The van der Waals surface area contributed by atoms with Crippen LogP contribution in [-0.2, 0) is 0 Å². The molecule has 1 aromatic rings. The third-order valence-corrected chi connectivity index (χ3v) is 1.72. The zero-order chi connectivity index (χ0) is 8.27. The molecule has 0 fully saturated rings. The lowest BCUT2D eigenvalue weighted by Gasteiger charge is -2.10. The molecule has 3 nitrogen and oxygen atoms in total. The Labute approximate surface area is 66.3 Å². The maximum Gasteiger partial charge on any atom is 0.105 e. The SMILES string of the molecule is Cc1nccn1C(C)CC#N. The Bertz CT molecular complexity index is 269. The normalized spacial score (nSPS) is 12.5. The third-order valence-electron chi connectivity index (χ3n) is 1.72. The van der Waals surface area contributed by atoms with E-state index in [2.05, 4.69) is 11.1 Å². The molecule has 1 unspecified atom stereocenters. The molecule has 1 heterocycles. The summed E-state index contributed by atoms with van der Waals surface area (Å²) in [5.41, 5.74) is 0. The highest BCUT2D eigenvalue weighted by atomic mass is 15.1. The van der Waals surface area contributed by atoms with Crippen molar-refractivity contribution in [2.75, 3.05) is 0 Å². The van der Waals surface area contributed by atoms with Gasteiger partial charge >= 0.3 is 0 Å². The second kappa shape index (κ2) is 3.20. The van der Waals surface area contributed by atoms with Crippen molar-refractivity contribution in [1.29, 1.82) is 5.26 Å². The van der Waals surface area contributed by atoms with Crippen molar-refractivity contribution < 1.29 is 0 Å². The number of imidazole rings is 1. The molecule has 58 valence electrons. The van der Waals surface area contributed by atoms with Gasteiger partial charge in [-0.05, 0) is 13.8 Å². The molecule has 0 spiro atoms. The van der Waals surface area contributed by atoms with Crippen molar-refractivity contribution in [3.8, 4) is 6.07 Å². The molecule has 1 atom stereocenters. The summed E-state index contributed by atoms with van der Waals surface area (Å²) in [4.78, 5) is 4.07. The summed E-state index contributed by atoms with van der Waals surface area (Å²) in [6, 6.07) is 2.37. The number of rotatable bonds is 2. The zero-order valence-corrected chi connectivity index (χ0v) is 6.78. The smallest absolute Gasteiger partial charge is 0.105 e. The van der Waals surface area contributed by atoms with Gasteiger partial charge in [-0.15, -0.1) is 0 Å². The molecule has 0 amide bonds. The first kappa shape index (κ1) is 7.80. The first-order valence-corrected chi connectivity index (χ1v) is 3.62. The first-order chi connectivity index (χ1) is 5.25. The van der Waals surface area contributed by atoms with E-state index in [0.717, 1.165) is 5.82 Å². The molecule has 1 rings (SSSR count). The Morgan fingerprint density at radius 3 is 3.00 bits per heavy atom. The molecule has 0 aliphatic carbocycles. The van der Waals surface area contributed by atoms with Gasteiger partial charge in [-0.3, -0.25) is 0 Å². The fourth-order valence-corrected chi connectivity index (χ4v) is 1.08. The molecule has 0 bridgehead atoms. The van der Waals surface area contributed by atoms with E-state index in [9.17, 15) is 0 Å². The summed E-state index contributed by atoms with van der Waals surface area (Å²) >= 11 is 0. The van der Waals surface area contributed by atoms with Crippen LogP contribution in [0.15, 0.2) is 12.4 Å². The molecule has 0 aliphatic heterocycles. The maximum atomic E-state index is 8.44. The van der Waals surface area contributed by atoms with Gasteiger partial charge in [0, 0.05) is 18.4 Å². The number of nitriles is 1. The molecule has 11 heavy (non-hydrogen) atoms. The van der Waals surface area contributed by atoms with Gasteiger partial charge in [-0.2, -0.15) is 5.26 Å². The topological polar surface area (TPSA) is 41.6 Å². The minimum absolute atomic E-state index is 0.238. The van der Waals surface area contributed by atoms with E-state index in [4.69, 9.17) is 5.26 Å². The van der Waals surface area contributed by atoms with Crippen molar-refractivity contribution in [3.05, 3.63) is 18.2 Å².